The first-order valence-corrected chi connectivity index (χ1v) is 51.2. The summed E-state index contributed by atoms with van der Waals surface area (Å²) < 4.78 is 0. The molecule has 706 valence electrons. The lowest BCUT2D eigenvalue weighted by molar-refractivity contribution is 1.47. The molecule has 0 amide bonds. The van der Waals surface area contributed by atoms with Crippen LogP contribution in [0.3, 0.4) is 0 Å². The van der Waals surface area contributed by atoms with Gasteiger partial charge in [-0.05, 0) is 322 Å². The fraction of sp³-hybridized carbons (Fsp3) is 0.0405. The van der Waals surface area contributed by atoms with Gasteiger partial charge in [-0.3, -0.25) is 0 Å². The van der Waals surface area contributed by atoms with E-state index >= 15 is 0 Å². The summed E-state index contributed by atoms with van der Waals surface area (Å²) in [5.41, 5.74) is 40.5. The number of aryl methyl sites for hydroxylation is 6. The van der Waals surface area contributed by atoms with Crippen LogP contribution in [0.1, 0.15) is 33.4 Å². The fourth-order valence-electron chi connectivity index (χ4n) is 20.0. The molecule has 0 atom stereocenters. The molecule has 26 rings (SSSR count). The van der Waals surface area contributed by atoms with E-state index in [0.717, 1.165) is 0 Å². The average Bonchev–Trinajstić information content (AvgIpc) is 0.737. The Balaban J connectivity index is 0.000000105. The second-order valence-electron chi connectivity index (χ2n) is 38.8. The SMILES string of the molecule is Cc1ccc(-c2ccc(-c3cccc(-c4ccccc4)c3)cc2)cc1.Cc1ccc2c(-c3cccc4ccccc34)cccc2c1.Cc1ccc2cc(-c3ccc4cc(-c5ccc6ccccc6c5)ccc4c3)ccc2c1.Cc1ccc2cc(-c3ccc4ccccc4c3)ccc2c1.Cc1cccc(-c2ccc(-c3cccc(-c4ccccc4)c3)cc2)c1.Cc1cccc(-c2cccc(-c3cccc(-c4ccccc4)c3)c2)c1. The third-order valence-electron chi connectivity index (χ3n) is 28.1. The first-order chi connectivity index (χ1) is 72.7. The van der Waals surface area contributed by atoms with Gasteiger partial charge in [-0.25, -0.2) is 0 Å². The highest BCUT2D eigenvalue weighted by atomic mass is 14.2. The Bertz CT molecular complexity index is 9160. The maximum atomic E-state index is 2.30. The minimum Gasteiger partial charge on any atom is -0.0622 e. The third-order valence-corrected chi connectivity index (χ3v) is 28.1. The molecule has 0 fully saturated rings. The number of hydrogen-bond acceptors (Lipinski definition) is 0. The van der Waals surface area contributed by atoms with Crippen LogP contribution >= 0.6 is 0 Å². The van der Waals surface area contributed by atoms with Crippen molar-refractivity contribution in [2.24, 2.45) is 0 Å². The van der Waals surface area contributed by atoms with Gasteiger partial charge in [0.25, 0.3) is 0 Å². The molecule has 0 bridgehead atoms. The topological polar surface area (TPSA) is 0 Å². The van der Waals surface area contributed by atoms with Gasteiger partial charge >= 0.3 is 0 Å². The lowest BCUT2D eigenvalue weighted by Gasteiger charge is -2.10. The first kappa shape index (κ1) is 95.7. The molecule has 0 nitrogen and oxygen atoms in total. The van der Waals surface area contributed by atoms with E-state index in [1.54, 1.807) is 0 Å². The normalized spacial score (nSPS) is 10.9. The van der Waals surface area contributed by atoms with Crippen LogP contribution in [-0.4, -0.2) is 0 Å². The summed E-state index contributed by atoms with van der Waals surface area (Å²) in [6, 6.07) is 209. The molecule has 26 aromatic rings. The second kappa shape index (κ2) is 45.0. The van der Waals surface area contributed by atoms with Crippen LogP contribution < -0.4 is 0 Å². The van der Waals surface area contributed by atoms with Crippen molar-refractivity contribution in [2.75, 3.05) is 0 Å². The quantitative estimate of drug-likeness (QED) is 0.108. The number of rotatable bonds is 13. The van der Waals surface area contributed by atoms with Crippen LogP contribution in [0.15, 0.2) is 582 Å². The van der Waals surface area contributed by atoms with E-state index in [9.17, 15) is 0 Å². The highest BCUT2D eigenvalue weighted by Gasteiger charge is 2.14. The monoisotopic (exact) mass is 1890 g/mol. The molecule has 0 N–H and O–H groups in total. The van der Waals surface area contributed by atoms with Crippen molar-refractivity contribution in [3.05, 3.63) is 616 Å². The summed E-state index contributed by atoms with van der Waals surface area (Å²) in [5, 5.41) is 18.1. The van der Waals surface area contributed by atoms with Gasteiger partial charge in [-0.1, -0.05) is 555 Å². The van der Waals surface area contributed by atoms with Crippen molar-refractivity contribution in [2.45, 2.75) is 41.5 Å². The van der Waals surface area contributed by atoms with Gasteiger partial charge < -0.3 is 0 Å². The maximum Gasteiger partial charge on any atom is -0.00992 e. The van der Waals surface area contributed by atoms with Crippen LogP contribution in [0.4, 0.5) is 0 Å². The molecule has 0 spiro atoms. The van der Waals surface area contributed by atoms with Gasteiger partial charge in [0.1, 0.15) is 0 Å². The van der Waals surface area contributed by atoms with Gasteiger partial charge in [-0.15, -0.1) is 0 Å². The van der Waals surface area contributed by atoms with E-state index in [2.05, 4.69) is 624 Å². The van der Waals surface area contributed by atoms with Crippen LogP contribution in [0.2, 0.25) is 0 Å². The molecule has 0 radical (unpaired) electrons. The van der Waals surface area contributed by atoms with Gasteiger partial charge in [-0.2, -0.15) is 0 Å². The molecule has 0 aromatic heterocycles. The zero-order chi connectivity index (χ0) is 100. The summed E-state index contributed by atoms with van der Waals surface area (Å²) in [6.07, 6.45) is 0. The van der Waals surface area contributed by atoms with Crippen molar-refractivity contribution in [1.82, 2.24) is 0 Å². The third kappa shape index (κ3) is 23.1. The molecule has 0 aliphatic heterocycles. The molecule has 0 aliphatic rings. The smallest absolute Gasteiger partial charge is 0.00992 e. The van der Waals surface area contributed by atoms with E-state index in [4.69, 9.17) is 0 Å². The van der Waals surface area contributed by atoms with Gasteiger partial charge in [0.15, 0.2) is 0 Å². The number of hydrogen-bond donors (Lipinski definition) is 0. The van der Waals surface area contributed by atoms with Crippen LogP contribution in [0, 0.1) is 41.5 Å². The van der Waals surface area contributed by atoms with E-state index in [1.165, 1.54) is 253 Å². The number of fused-ring (bicyclic) bond motifs is 7. The molecule has 0 unspecified atom stereocenters. The lowest BCUT2D eigenvalue weighted by atomic mass is 9.93. The lowest BCUT2D eigenvalue weighted by Crippen LogP contribution is -1.84. The number of benzene rings is 26. The summed E-state index contributed by atoms with van der Waals surface area (Å²) >= 11 is 0. The molecule has 0 heteroatoms. The van der Waals surface area contributed by atoms with Crippen molar-refractivity contribution >= 4 is 75.4 Å². The Morgan fingerprint density at radius 1 is 0.0811 bits per heavy atom. The van der Waals surface area contributed by atoms with Gasteiger partial charge in [0, 0.05) is 0 Å². The van der Waals surface area contributed by atoms with Crippen LogP contribution in [0.25, 0.3) is 220 Å². The van der Waals surface area contributed by atoms with Crippen LogP contribution in [0.5, 0.6) is 0 Å². The summed E-state index contributed by atoms with van der Waals surface area (Å²) in [7, 11) is 0. The van der Waals surface area contributed by atoms with E-state index in [1.807, 2.05) is 0 Å². The van der Waals surface area contributed by atoms with Crippen molar-refractivity contribution < 1.29 is 0 Å². The summed E-state index contributed by atoms with van der Waals surface area (Å²) in [6.45, 7) is 12.8. The minimum atomic E-state index is 1.24. The predicted molar refractivity (Wildman–Crippen MR) is 640 cm³/mol. The zero-order valence-electron chi connectivity index (χ0n) is 84.4. The molecular weight excluding hydrogens is 1780 g/mol. The Morgan fingerprint density at radius 3 is 0.601 bits per heavy atom. The van der Waals surface area contributed by atoms with E-state index < -0.39 is 0 Å². The molecular formula is C148H114. The molecule has 0 heterocycles. The Kier molecular flexibility index (Phi) is 29.1. The first-order valence-electron chi connectivity index (χ1n) is 51.2. The average molecular weight is 1890 g/mol. The minimum absolute atomic E-state index is 1.24. The van der Waals surface area contributed by atoms with Gasteiger partial charge in [0.05, 0.1) is 0 Å². The molecule has 0 saturated carbocycles. The largest absolute Gasteiger partial charge is 0.0622 e. The van der Waals surface area contributed by atoms with E-state index in [-0.39, 0.29) is 0 Å². The Morgan fingerprint density at radius 2 is 0.257 bits per heavy atom. The summed E-state index contributed by atoms with van der Waals surface area (Å²) in [5.74, 6) is 0. The van der Waals surface area contributed by atoms with Crippen molar-refractivity contribution in [3.8, 4) is 145 Å². The Labute approximate surface area is 870 Å². The maximum absolute atomic E-state index is 2.30. The van der Waals surface area contributed by atoms with Crippen molar-refractivity contribution in [1.29, 1.82) is 0 Å². The summed E-state index contributed by atoms with van der Waals surface area (Å²) in [4.78, 5) is 0. The van der Waals surface area contributed by atoms with E-state index in [0.29, 0.717) is 0 Å². The molecule has 0 saturated heterocycles. The zero-order valence-corrected chi connectivity index (χ0v) is 84.4. The second-order valence-corrected chi connectivity index (χ2v) is 38.8. The fourth-order valence-corrected chi connectivity index (χ4v) is 20.0. The Hall–Kier alpha value is -18.5. The molecule has 26 aromatic carbocycles. The van der Waals surface area contributed by atoms with Crippen molar-refractivity contribution in [3.63, 3.8) is 0 Å². The highest BCUT2D eigenvalue weighted by Crippen LogP contribution is 2.40. The molecule has 0 aliphatic carbocycles. The van der Waals surface area contributed by atoms with Gasteiger partial charge in [0.2, 0.25) is 0 Å². The standard InChI is InChI=1S/C31H22.3C25H20.2C21H16/c1-21-6-7-25-18-27(11-10-24(25)16-21)29-14-15-30-19-28(12-13-31(30)20-29)26-9-8-22-4-2-3-5-23(22)17-26;1-19-8-5-11-21(16-19)23-13-7-15-25(18-23)24-14-6-12-22(17-24)20-9-3-2-4-10-20;1-19-7-5-10-23(17-19)21-13-15-22(16-14-21)25-12-6-11-24(18-25)20-8-3-2-4-9-20;1-19-10-12-21(13-11-19)22-14-16-23(17-15-22)25-9-5-8-24(18-25)20-6-3-2-4-7-20;1-15-12-13-19-17(14-15)8-5-11-21(19)20-10-4-7-16-6-2-3-9-18(16)20;1-15-6-7-19-14-21(11-10-18(19)12-15)20-9-8-16-4-2-3-5-17(16)13-20/h2-20H,1H3;3*2-18H,1H3;2*2-14H,1H3. The molecule has 148 heavy (non-hydrogen) atoms. The van der Waals surface area contributed by atoms with Crippen LogP contribution in [-0.2, 0) is 0 Å². The predicted octanol–water partition coefficient (Wildman–Crippen LogP) is 41.7. The highest BCUT2D eigenvalue weighted by molar-refractivity contribution is 6.06.